The molecule has 0 unspecified atom stereocenters. The largest absolute Gasteiger partial charge is 0.540 e. The molecule has 1 aliphatic heterocycles. The SMILES string of the molecule is COc1cc2c(cc1O[Si](C(C)C)(C(C)C)C(C)C)CCN(Cc1cccc([N+](=O)[O-])c1)C2. The number of benzene rings is 2. The third kappa shape index (κ3) is 5.25. The molecule has 33 heavy (non-hydrogen) atoms. The van der Waals surface area contributed by atoms with Crippen molar-refractivity contribution in [1.29, 1.82) is 0 Å². The van der Waals surface area contributed by atoms with Crippen molar-refractivity contribution >= 4 is 14.0 Å². The molecule has 0 radical (unpaired) electrons. The van der Waals surface area contributed by atoms with E-state index in [-0.39, 0.29) is 10.6 Å². The summed E-state index contributed by atoms with van der Waals surface area (Å²) < 4.78 is 12.8. The number of hydrogen-bond donors (Lipinski definition) is 0. The first-order valence-electron chi connectivity index (χ1n) is 11.9. The monoisotopic (exact) mass is 470 g/mol. The van der Waals surface area contributed by atoms with Crippen molar-refractivity contribution in [2.24, 2.45) is 0 Å². The fraction of sp³-hybridized carbons (Fsp3) is 0.538. The number of methoxy groups -OCH3 is 1. The molecule has 2 aromatic carbocycles. The summed E-state index contributed by atoms with van der Waals surface area (Å²) in [5.74, 6) is 1.68. The van der Waals surface area contributed by atoms with E-state index in [0.29, 0.717) is 23.2 Å². The third-order valence-corrected chi connectivity index (χ3v) is 13.1. The number of hydrogen-bond acceptors (Lipinski definition) is 5. The van der Waals surface area contributed by atoms with Gasteiger partial charge in [0, 0.05) is 31.8 Å². The van der Waals surface area contributed by atoms with Crippen LogP contribution in [0.4, 0.5) is 5.69 Å². The van der Waals surface area contributed by atoms with Crippen LogP contribution in [0, 0.1) is 10.1 Å². The lowest BCUT2D eigenvalue weighted by Gasteiger charge is -2.42. The predicted octanol–water partition coefficient (Wildman–Crippen LogP) is 6.72. The minimum Gasteiger partial charge on any atom is -0.540 e. The van der Waals surface area contributed by atoms with Crippen LogP contribution in [0.5, 0.6) is 11.5 Å². The molecule has 0 N–H and O–H groups in total. The van der Waals surface area contributed by atoms with Crippen LogP contribution in [0.25, 0.3) is 0 Å². The zero-order chi connectivity index (χ0) is 24.3. The minimum absolute atomic E-state index is 0.140. The molecule has 1 aliphatic rings. The van der Waals surface area contributed by atoms with Gasteiger partial charge >= 0.3 is 0 Å². The summed E-state index contributed by atoms with van der Waals surface area (Å²) in [7, 11) is -0.376. The maximum atomic E-state index is 11.1. The molecule has 0 bridgehead atoms. The molecule has 7 heteroatoms. The fourth-order valence-electron chi connectivity index (χ4n) is 5.57. The Morgan fingerprint density at radius 2 is 1.64 bits per heavy atom. The van der Waals surface area contributed by atoms with Gasteiger partial charge in [0.2, 0.25) is 0 Å². The molecule has 0 aliphatic carbocycles. The lowest BCUT2D eigenvalue weighted by Crippen LogP contribution is -2.50. The van der Waals surface area contributed by atoms with Gasteiger partial charge in [-0.15, -0.1) is 0 Å². The van der Waals surface area contributed by atoms with Gasteiger partial charge < -0.3 is 9.16 Å². The highest BCUT2D eigenvalue weighted by Gasteiger charge is 2.47. The van der Waals surface area contributed by atoms with E-state index >= 15 is 0 Å². The van der Waals surface area contributed by atoms with Crippen molar-refractivity contribution in [2.75, 3.05) is 13.7 Å². The van der Waals surface area contributed by atoms with Gasteiger partial charge in [-0.2, -0.15) is 0 Å². The number of fused-ring (bicyclic) bond motifs is 1. The standard InChI is InChI=1S/C26H38N2O4Si/c1-18(2)33(19(3)4,20(5)6)32-26-14-22-11-12-27(17-23(22)15-25(26)31-7)16-21-9-8-10-24(13-21)28(29)30/h8-10,13-15,18-20H,11-12,16-17H2,1-7H3. The zero-order valence-corrected chi connectivity index (χ0v) is 22.1. The van der Waals surface area contributed by atoms with E-state index in [0.717, 1.165) is 36.6 Å². The van der Waals surface area contributed by atoms with Gasteiger partial charge in [0.15, 0.2) is 5.75 Å². The van der Waals surface area contributed by atoms with E-state index in [9.17, 15) is 10.1 Å². The summed E-state index contributed by atoms with van der Waals surface area (Å²) in [5.41, 5.74) is 5.11. The maximum absolute atomic E-state index is 11.1. The highest BCUT2D eigenvalue weighted by molar-refractivity contribution is 6.78. The second-order valence-corrected chi connectivity index (χ2v) is 15.5. The van der Waals surface area contributed by atoms with E-state index in [1.54, 1.807) is 19.2 Å². The molecule has 180 valence electrons. The first-order valence-corrected chi connectivity index (χ1v) is 14.1. The van der Waals surface area contributed by atoms with E-state index in [1.807, 2.05) is 6.07 Å². The predicted molar refractivity (Wildman–Crippen MR) is 136 cm³/mol. The average molecular weight is 471 g/mol. The number of nitrogens with zero attached hydrogens (tertiary/aromatic N) is 2. The van der Waals surface area contributed by atoms with Gasteiger partial charge in [0.05, 0.1) is 12.0 Å². The second kappa shape index (κ2) is 10.3. The van der Waals surface area contributed by atoms with Crippen LogP contribution in [0.1, 0.15) is 58.2 Å². The number of non-ortho nitro benzene ring substituents is 1. The Hall–Kier alpha value is -2.38. The highest BCUT2D eigenvalue weighted by atomic mass is 28.4. The lowest BCUT2D eigenvalue weighted by molar-refractivity contribution is -0.384. The Labute approximate surface area is 199 Å². The van der Waals surface area contributed by atoms with Crippen LogP contribution >= 0.6 is 0 Å². The summed E-state index contributed by atoms with van der Waals surface area (Å²) in [6.45, 7) is 16.1. The van der Waals surface area contributed by atoms with Crippen molar-refractivity contribution < 1.29 is 14.1 Å². The Kier molecular flexibility index (Phi) is 7.85. The van der Waals surface area contributed by atoms with Crippen LogP contribution in [0.3, 0.4) is 0 Å². The van der Waals surface area contributed by atoms with Gasteiger partial charge in [0.1, 0.15) is 5.75 Å². The molecular weight excluding hydrogens is 432 g/mol. The molecule has 6 nitrogen and oxygen atoms in total. The summed E-state index contributed by atoms with van der Waals surface area (Å²) >= 11 is 0. The minimum atomic E-state index is -2.09. The van der Waals surface area contributed by atoms with E-state index in [2.05, 4.69) is 58.6 Å². The molecule has 1 heterocycles. The van der Waals surface area contributed by atoms with Crippen molar-refractivity contribution in [1.82, 2.24) is 4.90 Å². The van der Waals surface area contributed by atoms with Gasteiger partial charge in [-0.3, -0.25) is 15.0 Å². The zero-order valence-electron chi connectivity index (χ0n) is 21.1. The Balaban J connectivity index is 1.85. The summed E-state index contributed by atoms with van der Waals surface area (Å²) in [4.78, 5) is 13.1. The third-order valence-electron chi connectivity index (χ3n) is 7.10. The van der Waals surface area contributed by atoms with Crippen LogP contribution in [0.2, 0.25) is 16.6 Å². The molecular formula is C26H38N2O4Si. The molecule has 2 aromatic rings. The maximum Gasteiger partial charge on any atom is 0.269 e. The first kappa shape index (κ1) is 25.2. The Morgan fingerprint density at radius 1 is 1.00 bits per heavy atom. The molecule has 0 aromatic heterocycles. The van der Waals surface area contributed by atoms with Gasteiger partial charge in [-0.1, -0.05) is 53.7 Å². The number of ether oxygens (including phenoxy) is 1. The molecule has 0 saturated carbocycles. The highest BCUT2D eigenvalue weighted by Crippen LogP contribution is 2.45. The molecule has 0 spiro atoms. The van der Waals surface area contributed by atoms with Crippen LogP contribution in [0.15, 0.2) is 36.4 Å². The molecule has 0 amide bonds. The fourth-order valence-corrected chi connectivity index (χ4v) is 10.8. The van der Waals surface area contributed by atoms with E-state index < -0.39 is 8.32 Å². The summed E-state index contributed by atoms with van der Waals surface area (Å²) in [6, 6.07) is 11.2. The van der Waals surface area contributed by atoms with Gasteiger partial charge in [-0.25, -0.2) is 0 Å². The van der Waals surface area contributed by atoms with Crippen LogP contribution < -0.4 is 9.16 Å². The Morgan fingerprint density at radius 3 is 2.21 bits per heavy atom. The summed E-state index contributed by atoms with van der Waals surface area (Å²) in [5, 5.41) is 11.1. The van der Waals surface area contributed by atoms with Gasteiger partial charge in [0.25, 0.3) is 14.0 Å². The first-order chi connectivity index (χ1) is 15.6. The number of nitro groups is 1. The molecule has 0 fully saturated rings. The molecule has 3 rings (SSSR count). The van der Waals surface area contributed by atoms with E-state index in [1.165, 1.54) is 17.2 Å². The molecule has 0 saturated heterocycles. The van der Waals surface area contributed by atoms with E-state index in [4.69, 9.17) is 9.16 Å². The van der Waals surface area contributed by atoms with Crippen LogP contribution in [-0.2, 0) is 19.5 Å². The van der Waals surface area contributed by atoms with Crippen molar-refractivity contribution in [3.8, 4) is 11.5 Å². The average Bonchev–Trinajstić information content (AvgIpc) is 2.76. The number of nitro benzene ring substituents is 1. The normalized spacial score (nSPS) is 14.6. The molecule has 0 atom stereocenters. The van der Waals surface area contributed by atoms with Crippen molar-refractivity contribution in [2.45, 2.75) is 77.7 Å². The van der Waals surface area contributed by atoms with Crippen molar-refractivity contribution in [3.05, 3.63) is 63.2 Å². The Bertz CT molecular complexity index is 968. The second-order valence-electron chi connectivity index (χ2n) is 10.1. The topological polar surface area (TPSA) is 64.8 Å². The van der Waals surface area contributed by atoms with Crippen LogP contribution in [-0.4, -0.2) is 31.8 Å². The van der Waals surface area contributed by atoms with Crippen molar-refractivity contribution in [3.63, 3.8) is 0 Å². The van der Waals surface area contributed by atoms with Gasteiger partial charge in [-0.05, 0) is 51.9 Å². The lowest BCUT2D eigenvalue weighted by atomic mass is 9.98. The quantitative estimate of drug-likeness (QED) is 0.231. The number of rotatable bonds is 9. The summed E-state index contributed by atoms with van der Waals surface area (Å²) in [6.07, 6.45) is 0.921. The smallest absolute Gasteiger partial charge is 0.269 e.